The third-order valence-corrected chi connectivity index (χ3v) is 6.49. The van der Waals surface area contributed by atoms with Gasteiger partial charge in [0, 0.05) is 27.9 Å². The Morgan fingerprint density at radius 2 is 1.72 bits per heavy atom. The topological polar surface area (TPSA) is 26.0 Å². The minimum absolute atomic E-state index is 0.720. The van der Waals surface area contributed by atoms with Crippen molar-refractivity contribution in [3.8, 4) is 11.3 Å². The number of furan rings is 1. The van der Waals surface area contributed by atoms with Gasteiger partial charge in [0.1, 0.15) is 11.2 Å². The maximum atomic E-state index is 6.31. The smallest absolute Gasteiger partial charge is 0.144 e. The van der Waals surface area contributed by atoms with E-state index in [1.165, 1.54) is 47.6 Å². The number of benzene rings is 3. The third-order valence-electron chi connectivity index (χ3n) is 6.49. The first-order valence-electron chi connectivity index (χ1n) is 10.6. The zero-order valence-corrected chi connectivity index (χ0v) is 16.6. The van der Waals surface area contributed by atoms with Crippen molar-refractivity contribution in [2.75, 3.05) is 0 Å². The summed E-state index contributed by atoms with van der Waals surface area (Å²) >= 11 is 0. The van der Waals surface area contributed by atoms with Gasteiger partial charge in [-0.25, -0.2) is 0 Å². The fourth-order valence-electron chi connectivity index (χ4n) is 5.07. The maximum absolute atomic E-state index is 6.31. The molecule has 0 spiro atoms. The van der Waals surface area contributed by atoms with E-state index in [1.807, 2.05) is 18.3 Å². The van der Waals surface area contributed by atoms with E-state index in [0.29, 0.717) is 0 Å². The molecular weight excluding hydrogens is 354 g/mol. The standard InChI is InChI=1S/C27H23NO/c1-17-14-23-22-8-4-5-9-25(22)29-27(23)24(15-17)26-21-11-10-19(18-6-2-3-7-18)16-20(21)12-13-28-26/h4-5,8-16,18H,2-3,6-7H2,1H3. The lowest BCUT2D eigenvalue weighted by atomic mass is 9.93. The zero-order chi connectivity index (χ0) is 19.4. The lowest BCUT2D eigenvalue weighted by molar-refractivity contribution is 0.670. The number of pyridine rings is 1. The van der Waals surface area contributed by atoms with E-state index in [1.54, 1.807) is 0 Å². The lowest BCUT2D eigenvalue weighted by Gasteiger charge is -2.12. The van der Waals surface area contributed by atoms with Crippen LogP contribution in [0.15, 0.2) is 71.3 Å². The number of aromatic nitrogens is 1. The molecule has 0 radical (unpaired) electrons. The van der Waals surface area contributed by atoms with E-state index in [9.17, 15) is 0 Å². The van der Waals surface area contributed by atoms with E-state index < -0.39 is 0 Å². The van der Waals surface area contributed by atoms with Crippen molar-refractivity contribution in [3.05, 3.63) is 78.0 Å². The van der Waals surface area contributed by atoms with Crippen LogP contribution in [0.25, 0.3) is 44.0 Å². The molecule has 2 aromatic heterocycles. The predicted molar refractivity (Wildman–Crippen MR) is 120 cm³/mol. The predicted octanol–water partition coefficient (Wildman–Crippen LogP) is 7.77. The highest BCUT2D eigenvalue weighted by Gasteiger charge is 2.19. The second kappa shape index (κ2) is 6.45. The highest BCUT2D eigenvalue weighted by molar-refractivity contribution is 6.11. The summed E-state index contributed by atoms with van der Waals surface area (Å²) in [6, 6.07) is 21.8. The lowest BCUT2D eigenvalue weighted by Crippen LogP contribution is -1.93. The first kappa shape index (κ1) is 16.8. The minimum atomic E-state index is 0.720. The number of para-hydroxylation sites is 1. The quantitative estimate of drug-likeness (QED) is 0.314. The first-order chi connectivity index (χ1) is 14.3. The molecule has 1 saturated carbocycles. The van der Waals surface area contributed by atoms with Crippen LogP contribution in [-0.4, -0.2) is 4.98 Å². The van der Waals surface area contributed by atoms with Crippen molar-refractivity contribution in [1.82, 2.24) is 4.98 Å². The Bertz CT molecular complexity index is 1370. The number of fused-ring (bicyclic) bond motifs is 4. The largest absolute Gasteiger partial charge is 0.455 e. The van der Waals surface area contributed by atoms with Crippen molar-refractivity contribution in [3.63, 3.8) is 0 Å². The van der Waals surface area contributed by atoms with Gasteiger partial charge in [-0.15, -0.1) is 0 Å². The Kier molecular flexibility index (Phi) is 3.73. The Morgan fingerprint density at radius 1 is 0.862 bits per heavy atom. The van der Waals surface area contributed by atoms with Gasteiger partial charge in [-0.1, -0.05) is 49.2 Å². The van der Waals surface area contributed by atoms with Crippen LogP contribution < -0.4 is 0 Å². The summed E-state index contributed by atoms with van der Waals surface area (Å²) < 4.78 is 6.31. The summed E-state index contributed by atoms with van der Waals surface area (Å²) in [5.74, 6) is 0.720. The molecule has 0 bridgehead atoms. The normalized spacial score (nSPS) is 15.1. The van der Waals surface area contributed by atoms with E-state index in [4.69, 9.17) is 9.40 Å². The van der Waals surface area contributed by atoms with Gasteiger partial charge in [0.2, 0.25) is 0 Å². The Morgan fingerprint density at radius 3 is 2.62 bits per heavy atom. The first-order valence-corrected chi connectivity index (χ1v) is 10.6. The molecule has 29 heavy (non-hydrogen) atoms. The number of rotatable bonds is 2. The average Bonchev–Trinajstić information content (AvgIpc) is 3.41. The van der Waals surface area contributed by atoms with Gasteiger partial charge in [-0.2, -0.15) is 0 Å². The summed E-state index contributed by atoms with van der Waals surface area (Å²) in [6.07, 6.45) is 7.30. The van der Waals surface area contributed by atoms with Crippen molar-refractivity contribution in [2.24, 2.45) is 0 Å². The van der Waals surface area contributed by atoms with E-state index in [2.05, 4.69) is 55.5 Å². The molecule has 0 amide bonds. The molecule has 6 rings (SSSR count). The SMILES string of the molecule is Cc1cc(-c2nccc3cc(C4CCCC4)ccc23)c2oc3ccccc3c2c1. The highest BCUT2D eigenvalue weighted by Crippen LogP contribution is 2.40. The van der Waals surface area contributed by atoms with Crippen LogP contribution in [0, 0.1) is 6.92 Å². The number of hydrogen-bond donors (Lipinski definition) is 0. The Balaban J connectivity index is 1.60. The third kappa shape index (κ3) is 2.66. The molecule has 2 nitrogen and oxygen atoms in total. The van der Waals surface area contributed by atoms with Gasteiger partial charge < -0.3 is 4.42 Å². The van der Waals surface area contributed by atoms with Crippen molar-refractivity contribution in [2.45, 2.75) is 38.5 Å². The summed E-state index contributed by atoms with van der Waals surface area (Å²) in [5.41, 5.74) is 6.64. The fraction of sp³-hybridized carbons (Fsp3) is 0.222. The monoisotopic (exact) mass is 377 g/mol. The van der Waals surface area contributed by atoms with Crippen LogP contribution in [0.3, 0.4) is 0 Å². The molecule has 1 aliphatic carbocycles. The minimum Gasteiger partial charge on any atom is -0.455 e. The molecule has 0 aliphatic heterocycles. The number of aryl methyl sites for hydroxylation is 1. The van der Waals surface area contributed by atoms with Gasteiger partial charge in [-0.3, -0.25) is 4.98 Å². The van der Waals surface area contributed by atoms with E-state index in [-0.39, 0.29) is 0 Å². The maximum Gasteiger partial charge on any atom is 0.144 e. The van der Waals surface area contributed by atoms with Gasteiger partial charge in [0.25, 0.3) is 0 Å². The van der Waals surface area contributed by atoms with Crippen LogP contribution in [0.1, 0.15) is 42.7 Å². The van der Waals surface area contributed by atoms with E-state index in [0.717, 1.165) is 39.1 Å². The second-order valence-electron chi connectivity index (χ2n) is 8.41. The van der Waals surface area contributed by atoms with Crippen LogP contribution in [0.4, 0.5) is 0 Å². The number of nitrogens with zero attached hydrogens (tertiary/aromatic N) is 1. The average molecular weight is 377 g/mol. The summed E-state index contributed by atoms with van der Waals surface area (Å²) in [4.78, 5) is 4.81. The van der Waals surface area contributed by atoms with Crippen molar-refractivity contribution in [1.29, 1.82) is 0 Å². The second-order valence-corrected chi connectivity index (χ2v) is 8.41. The van der Waals surface area contributed by atoms with Crippen LogP contribution >= 0.6 is 0 Å². The van der Waals surface area contributed by atoms with Gasteiger partial charge in [-0.05, 0) is 66.5 Å². The molecule has 142 valence electrons. The number of hydrogen-bond acceptors (Lipinski definition) is 2. The van der Waals surface area contributed by atoms with Crippen molar-refractivity contribution < 1.29 is 4.42 Å². The summed E-state index contributed by atoms with van der Waals surface area (Å²) in [7, 11) is 0. The molecule has 3 aromatic carbocycles. The molecule has 1 aliphatic rings. The molecule has 0 saturated heterocycles. The van der Waals surface area contributed by atoms with E-state index >= 15 is 0 Å². The van der Waals surface area contributed by atoms with Gasteiger partial charge in [0.15, 0.2) is 0 Å². The van der Waals surface area contributed by atoms with Crippen LogP contribution in [-0.2, 0) is 0 Å². The van der Waals surface area contributed by atoms with Crippen LogP contribution in [0.2, 0.25) is 0 Å². The van der Waals surface area contributed by atoms with Crippen molar-refractivity contribution >= 4 is 32.7 Å². The Labute approximate surface area is 170 Å². The molecule has 2 heterocycles. The fourth-order valence-corrected chi connectivity index (χ4v) is 5.07. The highest BCUT2D eigenvalue weighted by atomic mass is 16.3. The molecule has 0 N–H and O–H groups in total. The molecule has 2 heteroatoms. The summed E-state index contributed by atoms with van der Waals surface area (Å²) in [5, 5.41) is 4.79. The molecule has 1 fully saturated rings. The van der Waals surface area contributed by atoms with Gasteiger partial charge >= 0.3 is 0 Å². The summed E-state index contributed by atoms with van der Waals surface area (Å²) in [6.45, 7) is 2.15. The molecule has 0 unspecified atom stereocenters. The zero-order valence-electron chi connectivity index (χ0n) is 16.6. The molecule has 0 atom stereocenters. The molecular formula is C27H23NO. The van der Waals surface area contributed by atoms with Gasteiger partial charge in [0.05, 0.1) is 5.69 Å². The Hall–Kier alpha value is -3.13. The molecule has 5 aromatic rings. The van der Waals surface area contributed by atoms with Crippen LogP contribution in [0.5, 0.6) is 0 Å².